The Hall–Kier alpha value is -2.17. The number of anilines is 1. The van der Waals surface area contributed by atoms with Crippen LogP contribution in [0.3, 0.4) is 0 Å². The van der Waals surface area contributed by atoms with Gasteiger partial charge in [0.05, 0.1) is 6.04 Å². The Morgan fingerprint density at radius 3 is 2.41 bits per heavy atom. The average molecular weight is 393 g/mol. The summed E-state index contributed by atoms with van der Waals surface area (Å²) in [5.41, 5.74) is 3.70. The SMILES string of the molecule is O=C1C(N2CCC(Cc3ccccc3)CC2)CCc2ccccc2N1CCCO. The number of rotatable bonds is 6. The minimum atomic E-state index is -0.0428. The van der Waals surface area contributed by atoms with Gasteiger partial charge in [0.1, 0.15) is 0 Å². The van der Waals surface area contributed by atoms with Crippen LogP contribution in [0.4, 0.5) is 5.69 Å². The van der Waals surface area contributed by atoms with Gasteiger partial charge < -0.3 is 10.0 Å². The number of amides is 1. The van der Waals surface area contributed by atoms with Crippen LogP contribution in [0.1, 0.15) is 36.8 Å². The summed E-state index contributed by atoms with van der Waals surface area (Å²) < 4.78 is 0. The van der Waals surface area contributed by atoms with Crippen molar-refractivity contribution in [3.8, 4) is 0 Å². The van der Waals surface area contributed by atoms with E-state index in [0.717, 1.165) is 50.9 Å². The minimum Gasteiger partial charge on any atom is -0.396 e. The van der Waals surface area contributed by atoms with Crippen molar-refractivity contribution in [2.75, 3.05) is 31.1 Å². The minimum absolute atomic E-state index is 0.0428. The summed E-state index contributed by atoms with van der Waals surface area (Å²) >= 11 is 0. The molecule has 4 rings (SSSR count). The normalized spacial score (nSPS) is 21.1. The van der Waals surface area contributed by atoms with Crippen LogP contribution in [0.5, 0.6) is 0 Å². The number of benzene rings is 2. The lowest BCUT2D eigenvalue weighted by atomic mass is 9.89. The molecule has 2 aromatic rings. The number of aliphatic hydroxyl groups is 1. The van der Waals surface area contributed by atoms with E-state index in [2.05, 4.69) is 53.4 Å². The first-order chi connectivity index (χ1) is 14.3. The van der Waals surface area contributed by atoms with E-state index in [-0.39, 0.29) is 18.6 Å². The molecular formula is C25H32N2O2. The predicted molar refractivity (Wildman–Crippen MR) is 117 cm³/mol. The van der Waals surface area contributed by atoms with E-state index in [1.807, 2.05) is 11.0 Å². The number of aliphatic hydroxyl groups excluding tert-OH is 1. The summed E-state index contributed by atoms with van der Waals surface area (Å²) in [5, 5.41) is 9.32. The van der Waals surface area contributed by atoms with E-state index in [1.54, 1.807) is 0 Å². The number of carbonyl (C=O) groups is 1. The number of hydrogen-bond donors (Lipinski definition) is 1. The fourth-order valence-electron chi connectivity index (χ4n) is 4.91. The second-order valence-corrected chi connectivity index (χ2v) is 8.42. The number of fused-ring (bicyclic) bond motifs is 1. The third-order valence-corrected chi connectivity index (χ3v) is 6.52. The van der Waals surface area contributed by atoms with Crippen LogP contribution in [0.25, 0.3) is 0 Å². The maximum absolute atomic E-state index is 13.5. The lowest BCUT2D eigenvalue weighted by molar-refractivity contribution is -0.124. The lowest BCUT2D eigenvalue weighted by Crippen LogP contribution is -2.51. The maximum Gasteiger partial charge on any atom is 0.244 e. The molecule has 154 valence electrons. The first-order valence-electron chi connectivity index (χ1n) is 11.0. The number of carbonyl (C=O) groups excluding carboxylic acids is 1. The smallest absolute Gasteiger partial charge is 0.244 e. The van der Waals surface area contributed by atoms with Gasteiger partial charge in [0, 0.05) is 18.8 Å². The third kappa shape index (κ3) is 4.71. The summed E-state index contributed by atoms with van der Waals surface area (Å²) in [4.78, 5) is 17.8. The zero-order valence-electron chi connectivity index (χ0n) is 17.2. The van der Waals surface area contributed by atoms with Gasteiger partial charge in [-0.05, 0) is 74.7 Å². The summed E-state index contributed by atoms with van der Waals surface area (Å²) in [5.74, 6) is 0.919. The fourth-order valence-corrected chi connectivity index (χ4v) is 4.91. The van der Waals surface area contributed by atoms with Crippen LogP contribution in [0.15, 0.2) is 54.6 Å². The number of piperidine rings is 1. The standard InChI is InChI=1S/C25H32N2O2/c28-18-6-15-27-23-10-5-4-9-22(23)11-12-24(25(27)29)26-16-13-21(14-17-26)19-20-7-2-1-3-8-20/h1-5,7-10,21,24,28H,6,11-19H2. The van der Waals surface area contributed by atoms with Crippen LogP contribution in [-0.2, 0) is 17.6 Å². The third-order valence-electron chi connectivity index (χ3n) is 6.52. The van der Waals surface area contributed by atoms with E-state index in [9.17, 15) is 9.90 Å². The highest BCUT2D eigenvalue weighted by Gasteiger charge is 2.35. The van der Waals surface area contributed by atoms with Gasteiger partial charge in [-0.2, -0.15) is 0 Å². The Morgan fingerprint density at radius 2 is 1.66 bits per heavy atom. The summed E-state index contributed by atoms with van der Waals surface area (Å²) in [6.45, 7) is 2.70. The van der Waals surface area contributed by atoms with Crippen molar-refractivity contribution in [1.82, 2.24) is 4.90 Å². The van der Waals surface area contributed by atoms with E-state index in [4.69, 9.17) is 0 Å². The van der Waals surface area contributed by atoms with Gasteiger partial charge >= 0.3 is 0 Å². The molecule has 1 N–H and O–H groups in total. The molecule has 1 amide bonds. The number of aryl methyl sites for hydroxylation is 1. The Kier molecular flexibility index (Phi) is 6.63. The van der Waals surface area contributed by atoms with Crippen molar-refractivity contribution in [3.05, 3.63) is 65.7 Å². The molecule has 1 fully saturated rings. The molecule has 1 unspecified atom stereocenters. The molecule has 0 aliphatic carbocycles. The van der Waals surface area contributed by atoms with Crippen molar-refractivity contribution in [2.24, 2.45) is 5.92 Å². The van der Waals surface area contributed by atoms with Crippen LogP contribution in [0, 0.1) is 5.92 Å². The molecule has 2 heterocycles. The molecule has 1 saturated heterocycles. The summed E-state index contributed by atoms with van der Waals surface area (Å²) in [6.07, 6.45) is 5.89. The van der Waals surface area contributed by atoms with Crippen LogP contribution in [0.2, 0.25) is 0 Å². The Labute approximate surface area is 174 Å². The van der Waals surface area contributed by atoms with E-state index in [0.29, 0.717) is 18.9 Å². The first-order valence-corrected chi connectivity index (χ1v) is 11.0. The monoisotopic (exact) mass is 392 g/mol. The molecule has 0 saturated carbocycles. The van der Waals surface area contributed by atoms with E-state index < -0.39 is 0 Å². The first kappa shape index (κ1) is 20.1. The van der Waals surface area contributed by atoms with Crippen molar-refractivity contribution in [1.29, 1.82) is 0 Å². The molecular weight excluding hydrogens is 360 g/mol. The molecule has 1 atom stereocenters. The highest BCUT2D eigenvalue weighted by molar-refractivity contribution is 5.98. The van der Waals surface area contributed by atoms with Crippen molar-refractivity contribution < 1.29 is 9.90 Å². The summed E-state index contributed by atoms with van der Waals surface area (Å²) in [7, 11) is 0. The Balaban J connectivity index is 1.43. The molecule has 2 aliphatic heterocycles. The molecule has 29 heavy (non-hydrogen) atoms. The number of hydrogen-bond acceptors (Lipinski definition) is 3. The molecule has 4 nitrogen and oxygen atoms in total. The zero-order valence-corrected chi connectivity index (χ0v) is 17.2. The molecule has 0 bridgehead atoms. The van der Waals surface area contributed by atoms with Gasteiger partial charge in [-0.25, -0.2) is 0 Å². The molecule has 0 aromatic heterocycles. The van der Waals surface area contributed by atoms with Crippen LogP contribution >= 0.6 is 0 Å². The summed E-state index contributed by atoms with van der Waals surface area (Å²) in [6, 6.07) is 19.0. The molecule has 4 heteroatoms. The van der Waals surface area contributed by atoms with Crippen LogP contribution < -0.4 is 4.90 Å². The average Bonchev–Trinajstić information content (AvgIpc) is 2.90. The molecule has 0 radical (unpaired) electrons. The van der Waals surface area contributed by atoms with Gasteiger partial charge in [0.15, 0.2) is 0 Å². The van der Waals surface area contributed by atoms with Gasteiger partial charge in [-0.3, -0.25) is 9.69 Å². The van der Waals surface area contributed by atoms with Gasteiger partial charge in [0.2, 0.25) is 5.91 Å². The van der Waals surface area contributed by atoms with Crippen molar-refractivity contribution in [2.45, 2.75) is 44.6 Å². The number of likely N-dealkylation sites (tertiary alicyclic amines) is 1. The molecule has 2 aliphatic rings. The lowest BCUT2D eigenvalue weighted by Gasteiger charge is -2.38. The van der Waals surface area contributed by atoms with Gasteiger partial charge in [0.25, 0.3) is 0 Å². The Bertz CT molecular complexity index is 799. The van der Waals surface area contributed by atoms with Crippen molar-refractivity contribution in [3.63, 3.8) is 0 Å². The molecule has 0 spiro atoms. The highest BCUT2D eigenvalue weighted by Crippen LogP contribution is 2.31. The fraction of sp³-hybridized carbons (Fsp3) is 0.480. The molecule has 2 aromatic carbocycles. The predicted octanol–water partition coefficient (Wildman–Crippen LogP) is 3.67. The Morgan fingerprint density at radius 1 is 0.931 bits per heavy atom. The quantitative estimate of drug-likeness (QED) is 0.816. The topological polar surface area (TPSA) is 43.8 Å². The zero-order chi connectivity index (χ0) is 20.1. The largest absolute Gasteiger partial charge is 0.396 e. The maximum atomic E-state index is 13.5. The number of nitrogens with zero attached hydrogens (tertiary/aromatic N) is 2. The van der Waals surface area contributed by atoms with Crippen LogP contribution in [-0.4, -0.2) is 48.2 Å². The number of para-hydroxylation sites is 1. The highest BCUT2D eigenvalue weighted by atomic mass is 16.3. The van der Waals surface area contributed by atoms with E-state index in [1.165, 1.54) is 11.1 Å². The van der Waals surface area contributed by atoms with Crippen molar-refractivity contribution >= 4 is 11.6 Å². The second kappa shape index (κ2) is 9.55. The van der Waals surface area contributed by atoms with Gasteiger partial charge in [-0.1, -0.05) is 48.5 Å². The second-order valence-electron chi connectivity index (χ2n) is 8.42. The van der Waals surface area contributed by atoms with Gasteiger partial charge in [-0.15, -0.1) is 0 Å². The van der Waals surface area contributed by atoms with E-state index >= 15 is 0 Å².